The van der Waals surface area contributed by atoms with Gasteiger partial charge in [-0.15, -0.1) is 13.2 Å². The number of fused-ring (bicyclic) bond motifs is 1. The van der Waals surface area contributed by atoms with Crippen LogP contribution in [-0.2, 0) is 28.4 Å². The zero-order chi connectivity index (χ0) is 22.2. The average molecular weight is 533 g/mol. The largest absolute Gasteiger partial charge is 3.00 e. The van der Waals surface area contributed by atoms with Crippen molar-refractivity contribution in [3.63, 3.8) is 0 Å². The van der Waals surface area contributed by atoms with Crippen LogP contribution in [0.4, 0.5) is 19.0 Å². The van der Waals surface area contributed by atoms with Crippen molar-refractivity contribution in [2.45, 2.75) is 37.4 Å². The van der Waals surface area contributed by atoms with E-state index in [1.165, 1.54) is 41.5 Å². The minimum Gasteiger partial charge on any atom is -1.00 e. The number of halogens is 4. The van der Waals surface area contributed by atoms with Crippen LogP contribution in [0.15, 0.2) is 36.9 Å². The molecular formula is C18H18ClF3FeN5O5+2. The van der Waals surface area contributed by atoms with E-state index in [4.69, 9.17) is 4.74 Å². The van der Waals surface area contributed by atoms with E-state index in [1.54, 1.807) is 0 Å². The minimum absolute atomic E-state index is 0. The maximum absolute atomic E-state index is 12.3. The van der Waals surface area contributed by atoms with E-state index in [9.17, 15) is 28.5 Å². The number of hydrogen-bond donors (Lipinski definition) is 4. The van der Waals surface area contributed by atoms with Crippen LogP contribution in [0.1, 0.15) is 11.8 Å². The van der Waals surface area contributed by atoms with E-state index in [-0.39, 0.29) is 41.8 Å². The van der Waals surface area contributed by atoms with Crippen molar-refractivity contribution in [2.75, 3.05) is 11.9 Å². The summed E-state index contributed by atoms with van der Waals surface area (Å²) in [5.41, 5.74) is 1.35. The van der Waals surface area contributed by atoms with Crippen LogP contribution in [0.3, 0.4) is 0 Å². The molecule has 1 fully saturated rings. The molecule has 3 aromatic rings. The number of aliphatic hydroxyl groups excluding tert-OH is 3. The van der Waals surface area contributed by atoms with Gasteiger partial charge in [0.25, 0.3) is 0 Å². The summed E-state index contributed by atoms with van der Waals surface area (Å²) in [6.07, 6.45) is -6.62. The van der Waals surface area contributed by atoms with Gasteiger partial charge in [0, 0.05) is 6.54 Å². The number of anilines is 1. The van der Waals surface area contributed by atoms with Crippen LogP contribution in [0.5, 0.6) is 5.75 Å². The predicted octanol–water partition coefficient (Wildman–Crippen LogP) is -2.05. The molecule has 1 aliphatic heterocycles. The van der Waals surface area contributed by atoms with E-state index in [0.29, 0.717) is 22.5 Å². The topological polar surface area (TPSA) is 135 Å². The first-order valence-electron chi connectivity index (χ1n) is 9.15. The summed E-state index contributed by atoms with van der Waals surface area (Å²) in [4.78, 5) is 12.5. The maximum Gasteiger partial charge on any atom is 3.00 e. The van der Waals surface area contributed by atoms with E-state index in [0.717, 1.165) is 0 Å². The van der Waals surface area contributed by atoms with E-state index >= 15 is 0 Å². The van der Waals surface area contributed by atoms with Gasteiger partial charge in [0.15, 0.2) is 23.2 Å². The molecule has 4 N–H and O–H groups in total. The van der Waals surface area contributed by atoms with Crippen molar-refractivity contribution < 1.29 is 67.4 Å². The Morgan fingerprint density at radius 1 is 1.09 bits per heavy atom. The fourth-order valence-electron chi connectivity index (χ4n) is 3.27. The Kier molecular flexibility index (Phi) is 8.87. The number of nitrogens with one attached hydrogen (secondary N) is 1. The molecule has 0 amide bonds. The second-order valence-corrected chi connectivity index (χ2v) is 6.82. The fraction of sp³-hybridized carbons (Fsp3) is 0.389. The van der Waals surface area contributed by atoms with Gasteiger partial charge in [0.05, 0.1) is 12.9 Å². The molecule has 179 valence electrons. The summed E-state index contributed by atoms with van der Waals surface area (Å²) < 4.78 is 47.5. The normalized spacial score (nSPS) is 22.5. The Morgan fingerprint density at radius 2 is 1.79 bits per heavy atom. The number of benzene rings is 1. The second-order valence-electron chi connectivity index (χ2n) is 6.82. The molecule has 2 unspecified atom stereocenters. The molecule has 2 aromatic heterocycles. The summed E-state index contributed by atoms with van der Waals surface area (Å²) in [6, 6.07) is 5.36. The number of ether oxygens (including phenoxy) is 2. The number of alkyl halides is 3. The molecule has 33 heavy (non-hydrogen) atoms. The molecule has 0 spiro atoms. The number of hydrogen-bond acceptors (Lipinski definition) is 9. The third kappa shape index (κ3) is 5.84. The molecular weight excluding hydrogens is 515 g/mol. The number of aromatic nitrogens is 4. The molecule has 1 saturated heterocycles. The van der Waals surface area contributed by atoms with Gasteiger partial charge in [-0.25, -0.2) is 15.0 Å². The molecule has 0 bridgehead atoms. The third-order valence-electron chi connectivity index (χ3n) is 4.77. The molecule has 1 aromatic carbocycles. The Hall–Kier alpha value is -2.19. The van der Waals surface area contributed by atoms with Crippen molar-refractivity contribution in [2.24, 2.45) is 0 Å². The first-order valence-corrected chi connectivity index (χ1v) is 9.15. The van der Waals surface area contributed by atoms with Gasteiger partial charge in [-0.3, -0.25) is 4.57 Å². The van der Waals surface area contributed by atoms with Crippen molar-refractivity contribution in [3.8, 4) is 5.75 Å². The quantitative estimate of drug-likeness (QED) is 0.265. The maximum atomic E-state index is 12.3. The summed E-state index contributed by atoms with van der Waals surface area (Å²) in [5, 5.41) is 32.5. The molecule has 0 aliphatic carbocycles. The van der Waals surface area contributed by atoms with Gasteiger partial charge in [-0.1, -0.05) is 12.1 Å². The van der Waals surface area contributed by atoms with Gasteiger partial charge in [-0.05, 0) is 17.7 Å². The molecule has 0 saturated carbocycles. The average Bonchev–Trinajstić information content (AvgIpc) is 3.28. The Labute approximate surface area is 201 Å². The van der Waals surface area contributed by atoms with Gasteiger partial charge >= 0.3 is 23.4 Å². The minimum atomic E-state index is -4.75. The summed E-state index contributed by atoms with van der Waals surface area (Å²) in [5.74, 6) is 0.0315. The van der Waals surface area contributed by atoms with Gasteiger partial charge in [0.2, 0.25) is 0 Å². The van der Waals surface area contributed by atoms with Crippen LogP contribution in [-0.4, -0.2) is 66.1 Å². The molecule has 15 heteroatoms. The van der Waals surface area contributed by atoms with Crippen molar-refractivity contribution in [1.29, 1.82) is 0 Å². The van der Waals surface area contributed by atoms with Gasteiger partial charge in [-0.2, -0.15) is 0 Å². The van der Waals surface area contributed by atoms with E-state index in [2.05, 4.69) is 25.0 Å². The van der Waals surface area contributed by atoms with Crippen LogP contribution < -0.4 is 22.5 Å². The first-order chi connectivity index (χ1) is 14.8. The van der Waals surface area contributed by atoms with Crippen molar-refractivity contribution >= 4 is 17.0 Å². The fourth-order valence-corrected chi connectivity index (χ4v) is 3.27. The number of aliphatic hydroxyl groups is 3. The Bertz CT molecular complexity index is 1060. The molecule has 4 rings (SSSR count). The molecule has 1 aliphatic rings. The second kappa shape index (κ2) is 10.8. The molecule has 3 heterocycles. The van der Waals surface area contributed by atoms with Crippen molar-refractivity contribution in [3.05, 3.63) is 42.5 Å². The smallest absolute Gasteiger partial charge is 1.00 e. The van der Waals surface area contributed by atoms with Crippen LogP contribution >= 0.6 is 0 Å². The van der Waals surface area contributed by atoms with Gasteiger partial charge in [0.1, 0.15) is 30.4 Å². The van der Waals surface area contributed by atoms with E-state index < -0.39 is 37.5 Å². The predicted molar refractivity (Wildman–Crippen MR) is 98.8 cm³/mol. The van der Waals surface area contributed by atoms with Crippen LogP contribution in [0.2, 0.25) is 0 Å². The van der Waals surface area contributed by atoms with E-state index in [1.807, 2.05) is 0 Å². The van der Waals surface area contributed by atoms with Crippen LogP contribution in [0.25, 0.3) is 11.2 Å². The summed E-state index contributed by atoms with van der Waals surface area (Å²) >= 11 is 0. The molecule has 1 radical (unpaired) electrons. The SMILES string of the molecule is OCC1OC(n2cnc3c(NCc4ccc(OC(F)(F)F)cc4)ncnc32)[C@@H](O)[C@H]1O.[Cl-].[Fe+3]. The number of rotatable bonds is 6. The Balaban J connectivity index is 0.00000193. The zero-order valence-corrected chi connectivity index (χ0v) is 18.4. The molecule has 10 nitrogen and oxygen atoms in total. The van der Waals surface area contributed by atoms with Crippen LogP contribution in [0, 0.1) is 0 Å². The number of nitrogens with zero attached hydrogens (tertiary/aromatic N) is 4. The third-order valence-corrected chi connectivity index (χ3v) is 4.77. The Morgan fingerprint density at radius 3 is 2.39 bits per heavy atom. The summed E-state index contributed by atoms with van der Waals surface area (Å²) in [6.45, 7) is -0.227. The number of imidazole rings is 1. The van der Waals surface area contributed by atoms with Gasteiger partial charge < -0.3 is 42.5 Å². The monoisotopic (exact) mass is 532 g/mol. The zero-order valence-electron chi connectivity index (χ0n) is 16.5. The summed E-state index contributed by atoms with van der Waals surface area (Å²) in [7, 11) is 0. The molecule has 4 atom stereocenters. The standard InChI is InChI=1S/C18H18F3N5O5.ClH.Fe/c19-18(20,21)31-10-3-1-9(2-4-10)5-22-15-12-16(24-7-23-15)26(8-25-12)17-14(29)13(28)11(6-27)30-17;;/h1-4,7-8,11,13-14,17,27-29H,5-6H2,(H,22,23,24);1H;/q;;+3/p-1/t11?,13-,14-,17?;;/m0../s1. The first kappa shape index (κ1) is 27.1. The van der Waals surface area contributed by atoms with Crippen molar-refractivity contribution in [1.82, 2.24) is 19.5 Å².